The first-order valence-corrected chi connectivity index (χ1v) is 9.06. The number of aliphatic hydroxyl groups is 1. The molecule has 0 bridgehead atoms. The molecule has 0 radical (unpaired) electrons. The molecule has 0 aromatic heterocycles. The molecule has 2 spiro atoms. The second-order valence-electron chi connectivity index (χ2n) is 9.20. The monoisotopic (exact) mass is 354 g/mol. The minimum absolute atomic E-state index is 0.136. The van der Waals surface area contributed by atoms with Gasteiger partial charge in [0.1, 0.15) is 11.2 Å². The fraction of sp³-hybridized carbons (Fsp3) is 0.889. The predicted octanol–water partition coefficient (Wildman–Crippen LogP) is 0.985. The number of ether oxygens (including phenoxy) is 2. The molecule has 3 rings (SSSR count). The minimum Gasteiger partial charge on any atom is -0.356 e. The molecule has 2 saturated carbocycles. The maximum atomic E-state index is 13.0. The van der Waals surface area contributed by atoms with E-state index < -0.39 is 34.0 Å². The first kappa shape index (κ1) is 18.6. The molecule has 7 nitrogen and oxygen atoms in total. The number of carbonyl (C=O) groups excluding carboxylic acids is 2. The molecule has 142 valence electrons. The molecule has 0 aromatic carbocycles. The summed E-state index contributed by atoms with van der Waals surface area (Å²) in [7, 11) is 0. The van der Waals surface area contributed by atoms with E-state index in [4.69, 9.17) is 9.47 Å². The number of carbonyl (C=O) groups is 2. The molecule has 0 aromatic rings. The van der Waals surface area contributed by atoms with Gasteiger partial charge in [-0.25, -0.2) is 0 Å². The molecule has 7 heteroatoms. The number of amides is 2. The van der Waals surface area contributed by atoms with E-state index in [9.17, 15) is 14.7 Å². The topological polar surface area (TPSA) is 96.9 Å². The summed E-state index contributed by atoms with van der Waals surface area (Å²) in [5.41, 5.74) is -3.79. The van der Waals surface area contributed by atoms with Crippen LogP contribution in [0.2, 0.25) is 0 Å². The van der Waals surface area contributed by atoms with Crippen LogP contribution in [0, 0.1) is 0 Å². The molecule has 2 amide bonds. The minimum atomic E-state index is -2.06. The van der Waals surface area contributed by atoms with Crippen molar-refractivity contribution in [2.75, 3.05) is 0 Å². The van der Waals surface area contributed by atoms with Crippen LogP contribution in [-0.2, 0) is 19.1 Å². The van der Waals surface area contributed by atoms with Gasteiger partial charge >= 0.3 is 0 Å². The fourth-order valence-electron chi connectivity index (χ4n) is 3.60. The number of hydrogen-bond donors (Lipinski definition) is 3. The van der Waals surface area contributed by atoms with Crippen molar-refractivity contribution in [3.8, 4) is 0 Å². The zero-order valence-corrected chi connectivity index (χ0v) is 16.0. The molecule has 25 heavy (non-hydrogen) atoms. The average Bonchev–Trinajstić information content (AvgIpc) is 3.31. The van der Waals surface area contributed by atoms with E-state index in [1.54, 1.807) is 6.92 Å². The van der Waals surface area contributed by atoms with E-state index in [-0.39, 0.29) is 11.9 Å². The van der Waals surface area contributed by atoms with E-state index in [0.29, 0.717) is 25.7 Å². The van der Waals surface area contributed by atoms with Crippen molar-refractivity contribution in [2.45, 2.75) is 101 Å². The summed E-state index contributed by atoms with van der Waals surface area (Å²) in [6, 6.07) is -0.136. The Hall–Kier alpha value is -1.18. The highest BCUT2D eigenvalue weighted by Crippen LogP contribution is 2.64. The van der Waals surface area contributed by atoms with Crippen LogP contribution in [0.1, 0.15) is 67.2 Å². The van der Waals surface area contributed by atoms with Gasteiger partial charge in [-0.1, -0.05) is 0 Å². The van der Waals surface area contributed by atoms with Crippen LogP contribution in [-0.4, -0.2) is 51.1 Å². The van der Waals surface area contributed by atoms with E-state index in [1.807, 2.05) is 34.6 Å². The van der Waals surface area contributed by atoms with Crippen molar-refractivity contribution < 1.29 is 24.2 Å². The van der Waals surface area contributed by atoms with Crippen molar-refractivity contribution in [3.63, 3.8) is 0 Å². The number of hydrogen-bond acceptors (Lipinski definition) is 5. The van der Waals surface area contributed by atoms with Crippen LogP contribution in [0.15, 0.2) is 0 Å². The van der Waals surface area contributed by atoms with E-state index in [1.165, 1.54) is 0 Å². The second-order valence-corrected chi connectivity index (χ2v) is 9.20. The highest BCUT2D eigenvalue weighted by Gasteiger charge is 2.80. The van der Waals surface area contributed by atoms with Crippen LogP contribution >= 0.6 is 0 Å². The Morgan fingerprint density at radius 2 is 1.52 bits per heavy atom. The predicted molar refractivity (Wildman–Crippen MR) is 90.6 cm³/mol. The first-order chi connectivity index (χ1) is 11.3. The van der Waals surface area contributed by atoms with Crippen LogP contribution < -0.4 is 10.6 Å². The molecule has 1 saturated heterocycles. The van der Waals surface area contributed by atoms with E-state index in [2.05, 4.69) is 10.6 Å². The van der Waals surface area contributed by atoms with E-state index >= 15 is 0 Å². The van der Waals surface area contributed by atoms with Crippen molar-refractivity contribution >= 4 is 11.8 Å². The van der Waals surface area contributed by atoms with E-state index in [0.717, 1.165) is 0 Å². The molecule has 1 heterocycles. The summed E-state index contributed by atoms with van der Waals surface area (Å²) in [6.45, 7) is 11.0. The van der Waals surface area contributed by atoms with Crippen LogP contribution in [0.3, 0.4) is 0 Å². The molecule has 1 aliphatic heterocycles. The van der Waals surface area contributed by atoms with Gasteiger partial charge in [0, 0.05) is 11.6 Å². The van der Waals surface area contributed by atoms with Crippen LogP contribution in [0.25, 0.3) is 0 Å². The number of rotatable bonds is 3. The molecular weight excluding hydrogens is 324 g/mol. The normalized spacial score (nSPS) is 34.9. The highest BCUT2D eigenvalue weighted by molar-refractivity contribution is 5.90. The van der Waals surface area contributed by atoms with Gasteiger partial charge in [-0.15, -0.1) is 0 Å². The maximum absolute atomic E-state index is 13.0. The molecule has 2 aliphatic carbocycles. The van der Waals surface area contributed by atoms with Gasteiger partial charge in [-0.05, 0) is 67.2 Å². The third-order valence-corrected chi connectivity index (χ3v) is 5.29. The largest absolute Gasteiger partial charge is 0.356 e. The lowest BCUT2D eigenvalue weighted by Gasteiger charge is -2.52. The third-order valence-electron chi connectivity index (χ3n) is 5.29. The van der Waals surface area contributed by atoms with Crippen LogP contribution in [0.5, 0.6) is 0 Å². The van der Waals surface area contributed by atoms with Gasteiger partial charge in [-0.2, -0.15) is 0 Å². The molecule has 2 atom stereocenters. The van der Waals surface area contributed by atoms with Crippen molar-refractivity contribution in [3.05, 3.63) is 0 Å². The average molecular weight is 354 g/mol. The van der Waals surface area contributed by atoms with Crippen LogP contribution in [0.4, 0.5) is 0 Å². The molecule has 3 N–H and O–H groups in total. The summed E-state index contributed by atoms with van der Waals surface area (Å²) in [6.07, 6.45) is 2.08. The Kier molecular flexibility index (Phi) is 3.85. The Labute approximate surface area is 148 Å². The fourth-order valence-corrected chi connectivity index (χ4v) is 3.60. The summed E-state index contributed by atoms with van der Waals surface area (Å²) in [5.74, 6) is -2.92. The Morgan fingerprint density at radius 3 is 1.92 bits per heavy atom. The van der Waals surface area contributed by atoms with Gasteiger partial charge in [0.2, 0.25) is 0 Å². The third kappa shape index (κ3) is 2.76. The standard InChI is InChI=1S/C18H30N2O5/c1-11(2)19-13(22)18(23)17(9-10-17)24-15(6,16(25-18)7-8-16)12(21)20-14(3,4)5/h11,23H,7-10H2,1-6H3,(H,19,22)(H,20,21)/t15-,18-/m0/s1. The Balaban J connectivity index is 1.91. The highest BCUT2D eigenvalue weighted by atomic mass is 16.7. The van der Waals surface area contributed by atoms with Crippen molar-refractivity contribution in [1.82, 2.24) is 10.6 Å². The zero-order valence-electron chi connectivity index (χ0n) is 16.0. The lowest BCUT2D eigenvalue weighted by Crippen LogP contribution is -2.74. The molecular formula is C18H30N2O5. The van der Waals surface area contributed by atoms with Gasteiger partial charge < -0.3 is 25.2 Å². The van der Waals surface area contributed by atoms with Gasteiger partial charge in [0.05, 0.1) is 0 Å². The van der Waals surface area contributed by atoms with Gasteiger partial charge in [0.25, 0.3) is 17.6 Å². The Bertz CT molecular complexity index is 603. The maximum Gasteiger partial charge on any atom is 0.283 e. The summed E-state index contributed by atoms with van der Waals surface area (Å²) < 4.78 is 12.3. The summed E-state index contributed by atoms with van der Waals surface area (Å²) in [5, 5.41) is 16.8. The lowest BCUT2D eigenvalue weighted by atomic mass is 9.88. The lowest BCUT2D eigenvalue weighted by molar-refractivity contribution is -0.369. The SMILES string of the molecule is CC(C)NC(=O)[C@]1(O)OC2(CC2)[C@](C)(C(=O)NC(C)(C)C)OC12CC2. The summed E-state index contributed by atoms with van der Waals surface area (Å²) >= 11 is 0. The molecule has 0 unspecified atom stereocenters. The first-order valence-electron chi connectivity index (χ1n) is 9.06. The smallest absolute Gasteiger partial charge is 0.283 e. The molecule has 3 fully saturated rings. The quantitative estimate of drug-likeness (QED) is 0.702. The molecule has 3 aliphatic rings. The van der Waals surface area contributed by atoms with Crippen molar-refractivity contribution in [2.24, 2.45) is 0 Å². The Morgan fingerprint density at radius 1 is 1.00 bits per heavy atom. The van der Waals surface area contributed by atoms with Gasteiger partial charge in [0.15, 0.2) is 5.60 Å². The van der Waals surface area contributed by atoms with Crippen molar-refractivity contribution in [1.29, 1.82) is 0 Å². The summed E-state index contributed by atoms with van der Waals surface area (Å²) in [4.78, 5) is 25.6. The second kappa shape index (κ2) is 5.18. The van der Waals surface area contributed by atoms with Gasteiger partial charge in [-0.3, -0.25) is 9.59 Å². The zero-order chi connectivity index (χ0) is 18.9. The number of nitrogens with one attached hydrogen (secondary N) is 2.